The van der Waals surface area contributed by atoms with Crippen molar-refractivity contribution in [1.29, 1.82) is 5.26 Å². The number of rotatable bonds is 8. The lowest BCUT2D eigenvalue weighted by Crippen LogP contribution is -2.31. The topological polar surface area (TPSA) is 92.6 Å². The third-order valence-corrected chi connectivity index (χ3v) is 7.18. The van der Waals surface area contributed by atoms with Gasteiger partial charge >= 0.3 is 0 Å². The molecule has 1 aliphatic heterocycles. The van der Waals surface area contributed by atoms with Gasteiger partial charge in [0.15, 0.2) is 17.0 Å². The highest BCUT2D eigenvalue weighted by molar-refractivity contribution is 9.10. The number of hydrogen-bond donors (Lipinski definition) is 2. The zero-order valence-corrected chi connectivity index (χ0v) is 22.3. The minimum absolute atomic E-state index is 0.177. The Kier molecular flexibility index (Phi) is 8.08. The summed E-state index contributed by atoms with van der Waals surface area (Å²) in [5.41, 5.74) is 3.66. The highest BCUT2D eigenvalue weighted by atomic mass is 79.9. The monoisotopic (exact) mass is 565 g/mol. The zero-order valence-electron chi connectivity index (χ0n) is 19.9. The number of methoxy groups -OCH3 is 2. The molecule has 7 nitrogen and oxygen atoms in total. The smallest absolute Gasteiger partial charge is 0.260 e. The lowest BCUT2D eigenvalue weighted by Gasteiger charge is -2.16. The van der Waals surface area contributed by atoms with Crippen LogP contribution in [-0.2, 0) is 11.4 Å². The Labute approximate surface area is 222 Å². The molecule has 2 N–H and O–H groups in total. The first-order valence-corrected chi connectivity index (χ1v) is 12.7. The van der Waals surface area contributed by atoms with Crippen molar-refractivity contribution in [2.75, 3.05) is 19.5 Å². The Morgan fingerprint density at radius 2 is 1.89 bits per heavy atom. The minimum Gasteiger partial charge on any atom is -0.495 e. The first-order chi connectivity index (χ1) is 17.4. The van der Waals surface area contributed by atoms with Crippen LogP contribution in [0.2, 0.25) is 0 Å². The van der Waals surface area contributed by atoms with E-state index in [9.17, 15) is 10.1 Å². The molecule has 3 aromatic carbocycles. The zero-order chi connectivity index (χ0) is 25.7. The fourth-order valence-corrected chi connectivity index (χ4v) is 5.03. The molecule has 1 heterocycles. The van der Waals surface area contributed by atoms with Gasteiger partial charge in [-0.3, -0.25) is 4.79 Å². The van der Waals surface area contributed by atoms with Gasteiger partial charge in [0.2, 0.25) is 0 Å². The van der Waals surface area contributed by atoms with Crippen LogP contribution in [0.3, 0.4) is 0 Å². The molecule has 4 rings (SSSR count). The molecule has 9 heteroatoms. The number of hydrogen-bond acceptors (Lipinski definition) is 7. The van der Waals surface area contributed by atoms with Gasteiger partial charge in [0.1, 0.15) is 12.4 Å². The summed E-state index contributed by atoms with van der Waals surface area (Å²) in [4.78, 5) is 13.2. The van der Waals surface area contributed by atoms with Gasteiger partial charge in [0, 0.05) is 10.0 Å². The number of thioether (sulfide) groups is 1. The Balaban J connectivity index is 1.52. The van der Waals surface area contributed by atoms with Crippen molar-refractivity contribution in [3.05, 3.63) is 86.2 Å². The molecule has 1 amide bonds. The van der Waals surface area contributed by atoms with Crippen molar-refractivity contribution in [2.45, 2.75) is 19.0 Å². The standard InChI is InChI=1S/C27H24BrN3O4S/c1-16-8-9-22(33-2)21(10-16)30-27-31-26(32)25(36-27)12-19-11-23(34-3)24(13-20(19)28)35-15-18-7-5-4-6-17(18)14-29/h4-13,27,30H,15H2,1-3H3,(H,31,32)/b25-12-. The van der Waals surface area contributed by atoms with E-state index in [1.54, 1.807) is 38.5 Å². The number of carbonyl (C=O) groups is 1. The Morgan fingerprint density at radius 3 is 2.64 bits per heavy atom. The van der Waals surface area contributed by atoms with Gasteiger partial charge in [-0.05, 0) is 54.5 Å². The second-order valence-electron chi connectivity index (χ2n) is 7.91. The van der Waals surface area contributed by atoms with Crippen molar-refractivity contribution in [2.24, 2.45) is 0 Å². The molecular formula is C27H24BrN3O4S. The second-order valence-corrected chi connectivity index (χ2v) is 9.91. The van der Waals surface area contributed by atoms with Gasteiger partial charge in [0.25, 0.3) is 5.91 Å². The van der Waals surface area contributed by atoms with E-state index in [1.165, 1.54) is 11.8 Å². The van der Waals surface area contributed by atoms with Gasteiger partial charge in [-0.1, -0.05) is 52.0 Å². The van der Waals surface area contributed by atoms with E-state index in [2.05, 4.69) is 32.6 Å². The summed E-state index contributed by atoms with van der Waals surface area (Å²) in [5, 5.41) is 15.6. The highest BCUT2D eigenvalue weighted by Crippen LogP contribution is 2.38. The van der Waals surface area contributed by atoms with E-state index in [0.717, 1.165) is 26.9 Å². The second kappa shape index (κ2) is 11.4. The van der Waals surface area contributed by atoms with Crippen LogP contribution in [-0.4, -0.2) is 25.6 Å². The van der Waals surface area contributed by atoms with Crippen LogP contribution in [0, 0.1) is 18.3 Å². The summed E-state index contributed by atoms with van der Waals surface area (Å²) in [7, 11) is 3.17. The minimum atomic E-state index is -0.345. The molecule has 1 atom stereocenters. The van der Waals surface area contributed by atoms with Crippen molar-refractivity contribution in [1.82, 2.24) is 5.32 Å². The lowest BCUT2D eigenvalue weighted by atomic mass is 10.1. The van der Waals surface area contributed by atoms with Gasteiger partial charge in [-0.15, -0.1) is 0 Å². The van der Waals surface area contributed by atoms with E-state index < -0.39 is 0 Å². The van der Waals surface area contributed by atoms with Crippen LogP contribution >= 0.6 is 27.7 Å². The molecule has 1 unspecified atom stereocenters. The van der Waals surface area contributed by atoms with Gasteiger partial charge < -0.3 is 24.8 Å². The van der Waals surface area contributed by atoms with Gasteiger partial charge in [0.05, 0.1) is 36.4 Å². The molecule has 1 fully saturated rings. The number of halogens is 1. The van der Waals surface area contributed by atoms with Crippen molar-refractivity contribution in [3.63, 3.8) is 0 Å². The average molecular weight is 566 g/mol. The predicted molar refractivity (Wildman–Crippen MR) is 145 cm³/mol. The number of anilines is 1. The molecule has 0 aromatic heterocycles. The summed E-state index contributed by atoms with van der Waals surface area (Å²) < 4.78 is 17.7. The van der Waals surface area contributed by atoms with E-state index in [1.807, 2.05) is 43.3 Å². The maximum absolute atomic E-state index is 12.7. The van der Waals surface area contributed by atoms with Crippen molar-refractivity contribution >= 4 is 45.4 Å². The fraction of sp³-hybridized carbons (Fsp3) is 0.185. The van der Waals surface area contributed by atoms with Crippen LogP contribution in [0.25, 0.3) is 6.08 Å². The molecule has 3 aromatic rings. The number of ether oxygens (including phenoxy) is 3. The molecule has 0 saturated carbocycles. The molecule has 0 radical (unpaired) electrons. The van der Waals surface area contributed by atoms with Crippen LogP contribution in [0.4, 0.5) is 5.69 Å². The Hall–Kier alpha value is -3.61. The SMILES string of the molecule is COc1ccc(C)cc1NC1NC(=O)/C(=C/c2cc(OC)c(OCc3ccccc3C#N)cc2Br)S1. The Morgan fingerprint density at radius 1 is 1.11 bits per heavy atom. The van der Waals surface area contributed by atoms with Gasteiger partial charge in [-0.25, -0.2) is 0 Å². The van der Waals surface area contributed by atoms with Crippen LogP contribution < -0.4 is 24.8 Å². The number of aryl methyl sites for hydroxylation is 1. The summed E-state index contributed by atoms with van der Waals surface area (Å²) in [6, 6.07) is 18.9. The quantitative estimate of drug-likeness (QED) is 0.332. The van der Waals surface area contributed by atoms with Crippen LogP contribution in [0.5, 0.6) is 17.2 Å². The number of nitrogens with zero attached hydrogens (tertiary/aromatic N) is 1. The number of nitrogens with one attached hydrogen (secondary N) is 2. The molecule has 0 spiro atoms. The fourth-order valence-electron chi connectivity index (χ4n) is 3.63. The third-order valence-electron chi connectivity index (χ3n) is 5.46. The highest BCUT2D eigenvalue weighted by Gasteiger charge is 2.28. The summed E-state index contributed by atoms with van der Waals surface area (Å²) in [5.74, 6) is 1.56. The number of carbonyl (C=O) groups excluding carboxylic acids is 1. The van der Waals surface area contributed by atoms with Crippen molar-refractivity contribution in [3.8, 4) is 23.3 Å². The third kappa shape index (κ3) is 5.78. The summed E-state index contributed by atoms with van der Waals surface area (Å²) >= 11 is 4.96. The number of nitriles is 1. The lowest BCUT2D eigenvalue weighted by molar-refractivity contribution is -0.116. The maximum Gasteiger partial charge on any atom is 0.260 e. The number of benzene rings is 3. The number of amides is 1. The van der Waals surface area contributed by atoms with Crippen molar-refractivity contribution < 1.29 is 19.0 Å². The van der Waals surface area contributed by atoms with E-state index in [-0.39, 0.29) is 18.0 Å². The molecule has 0 aliphatic carbocycles. The van der Waals surface area contributed by atoms with E-state index in [4.69, 9.17) is 14.2 Å². The molecule has 1 saturated heterocycles. The first kappa shape index (κ1) is 25.5. The molecule has 1 aliphatic rings. The van der Waals surface area contributed by atoms with Crippen LogP contribution in [0.1, 0.15) is 22.3 Å². The van der Waals surface area contributed by atoms with Gasteiger partial charge in [-0.2, -0.15) is 5.26 Å². The summed E-state index contributed by atoms with van der Waals surface area (Å²) in [6.45, 7) is 2.22. The summed E-state index contributed by atoms with van der Waals surface area (Å²) in [6.07, 6.45) is 1.80. The molecular weight excluding hydrogens is 542 g/mol. The van der Waals surface area contributed by atoms with Crippen LogP contribution in [0.15, 0.2) is 64.0 Å². The predicted octanol–water partition coefficient (Wildman–Crippen LogP) is 5.83. The first-order valence-electron chi connectivity index (χ1n) is 11.0. The molecule has 184 valence electrons. The normalized spacial score (nSPS) is 15.8. The van der Waals surface area contributed by atoms with E-state index >= 15 is 0 Å². The van der Waals surface area contributed by atoms with E-state index in [0.29, 0.717) is 27.7 Å². The Bertz CT molecular complexity index is 1370. The maximum atomic E-state index is 12.7. The molecule has 0 bridgehead atoms. The molecule has 36 heavy (non-hydrogen) atoms. The largest absolute Gasteiger partial charge is 0.495 e. The average Bonchev–Trinajstić information content (AvgIpc) is 3.22.